The number of hydrogen-bond acceptors (Lipinski definition) is 3. The molecule has 20 heavy (non-hydrogen) atoms. The zero-order valence-corrected chi connectivity index (χ0v) is 12.5. The lowest BCUT2D eigenvalue weighted by Crippen LogP contribution is -2.09. The maximum Gasteiger partial charge on any atom is 0.218 e. The summed E-state index contributed by atoms with van der Waals surface area (Å²) in [7, 11) is 0. The maximum atomic E-state index is 9.79. The Balaban J connectivity index is 0.000000286. The number of anilines is 1. The van der Waals surface area contributed by atoms with Gasteiger partial charge >= 0.3 is 0 Å². The highest BCUT2D eigenvalue weighted by molar-refractivity contribution is 9.09. The second kappa shape index (κ2) is 8.98. The Morgan fingerprint density at radius 2 is 1.55 bits per heavy atom. The third kappa shape index (κ3) is 6.80. The van der Waals surface area contributed by atoms with Gasteiger partial charge in [-0.3, -0.25) is 4.79 Å². The van der Waals surface area contributed by atoms with Crippen LogP contribution in [0.1, 0.15) is 6.42 Å². The molecule has 0 saturated carbocycles. The second-order valence-corrected chi connectivity index (χ2v) is 4.68. The molecule has 0 fully saturated rings. The lowest BCUT2D eigenvalue weighted by molar-refractivity contribution is -0.117. The van der Waals surface area contributed by atoms with Crippen LogP contribution in [0.2, 0.25) is 0 Å². The van der Waals surface area contributed by atoms with Gasteiger partial charge in [0.2, 0.25) is 5.91 Å². The van der Waals surface area contributed by atoms with Gasteiger partial charge in [-0.05, 0) is 36.4 Å². The molecule has 0 aliphatic carbocycles. The topological polar surface area (TPSA) is 78.3 Å². The molecule has 0 saturated heterocycles. The molecule has 106 valence electrons. The normalized spacial score (nSPS) is 9.25. The number of nitrogens with two attached hydrogens (primary N) is 2. The molecule has 0 heterocycles. The second-order valence-electron chi connectivity index (χ2n) is 3.89. The highest BCUT2D eigenvalue weighted by atomic mass is 79.9. The summed E-state index contributed by atoms with van der Waals surface area (Å²) in [6, 6.07) is 17.0. The Kier molecular flexibility index (Phi) is 7.21. The van der Waals surface area contributed by atoms with Crippen LogP contribution in [-0.4, -0.2) is 11.2 Å². The van der Waals surface area contributed by atoms with Crippen molar-refractivity contribution in [1.29, 1.82) is 0 Å². The van der Waals surface area contributed by atoms with Crippen molar-refractivity contribution in [3.05, 3.63) is 54.6 Å². The maximum absolute atomic E-state index is 9.79. The fraction of sp³-hybridized carbons (Fsp3) is 0.133. The minimum absolute atomic E-state index is 0.258. The summed E-state index contributed by atoms with van der Waals surface area (Å²) in [6.07, 6.45) is 0.431. The Morgan fingerprint density at radius 3 is 2.00 bits per heavy atom. The quantitative estimate of drug-likeness (QED) is 0.664. The predicted octanol–water partition coefficient (Wildman–Crippen LogP) is 3.32. The smallest absolute Gasteiger partial charge is 0.218 e. The van der Waals surface area contributed by atoms with Crippen LogP contribution in [0.3, 0.4) is 0 Å². The molecule has 5 heteroatoms. The van der Waals surface area contributed by atoms with Crippen molar-refractivity contribution in [2.24, 2.45) is 5.73 Å². The number of benzene rings is 2. The number of nitrogen functional groups attached to an aromatic ring is 1. The van der Waals surface area contributed by atoms with E-state index in [2.05, 4.69) is 15.9 Å². The summed E-state index contributed by atoms with van der Waals surface area (Å²) in [4.78, 5) is 9.79. The Labute approximate surface area is 126 Å². The van der Waals surface area contributed by atoms with Gasteiger partial charge in [0.15, 0.2) is 0 Å². The van der Waals surface area contributed by atoms with E-state index >= 15 is 0 Å². The van der Waals surface area contributed by atoms with Crippen LogP contribution in [-0.2, 0) is 4.79 Å². The average Bonchev–Trinajstić information content (AvgIpc) is 2.43. The number of hydrogen-bond donors (Lipinski definition) is 2. The molecule has 0 bridgehead atoms. The first kappa shape index (κ1) is 16.0. The van der Waals surface area contributed by atoms with Gasteiger partial charge in [-0.1, -0.05) is 34.1 Å². The number of carbonyl (C=O) groups is 1. The third-order valence-electron chi connectivity index (χ3n) is 2.20. The highest BCUT2D eigenvalue weighted by Crippen LogP contribution is 2.21. The fourth-order valence-electron chi connectivity index (χ4n) is 1.25. The summed E-state index contributed by atoms with van der Waals surface area (Å²) < 4.78 is 5.58. The molecule has 2 aromatic rings. The Hall–Kier alpha value is -2.01. The first-order valence-corrected chi connectivity index (χ1v) is 7.16. The summed E-state index contributed by atoms with van der Waals surface area (Å²) in [5, 5.41) is 0.669. The SMILES string of the molecule is NC(=O)CCBr.Nc1ccc(Oc2ccccc2)cc1. The van der Waals surface area contributed by atoms with Gasteiger partial charge in [-0.2, -0.15) is 0 Å². The van der Waals surface area contributed by atoms with Crippen molar-refractivity contribution < 1.29 is 9.53 Å². The minimum atomic E-state index is -0.258. The van der Waals surface area contributed by atoms with E-state index in [-0.39, 0.29) is 5.91 Å². The molecule has 0 aliphatic heterocycles. The number of primary amides is 1. The molecule has 0 radical (unpaired) electrons. The van der Waals surface area contributed by atoms with Gasteiger partial charge in [-0.15, -0.1) is 0 Å². The van der Waals surface area contributed by atoms with Crippen molar-refractivity contribution in [2.75, 3.05) is 11.1 Å². The van der Waals surface area contributed by atoms with Crippen molar-refractivity contribution in [1.82, 2.24) is 0 Å². The molecule has 0 unspecified atom stereocenters. The van der Waals surface area contributed by atoms with Crippen LogP contribution >= 0.6 is 15.9 Å². The summed E-state index contributed by atoms with van der Waals surface area (Å²) in [6.45, 7) is 0. The van der Waals surface area contributed by atoms with E-state index in [4.69, 9.17) is 16.2 Å². The van der Waals surface area contributed by atoms with Crippen molar-refractivity contribution in [3.8, 4) is 11.5 Å². The summed E-state index contributed by atoms with van der Waals surface area (Å²) in [5.41, 5.74) is 11.0. The number of halogens is 1. The number of alkyl halides is 1. The van der Waals surface area contributed by atoms with Crippen LogP contribution in [0.4, 0.5) is 5.69 Å². The van der Waals surface area contributed by atoms with Crippen LogP contribution in [0, 0.1) is 0 Å². The van der Waals surface area contributed by atoms with Gasteiger partial charge in [0, 0.05) is 17.4 Å². The van der Waals surface area contributed by atoms with Crippen LogP contribution < -0.4 is 16.2 Å². The van der Waals surface area contributed by atoms with Crippen molar-refractivity contribution in [2.45, 2.75) is 6.42 Å². The first-order chi connectivity index (χ1) is 9.61. The zero-order valence-electron chi connectivity index (χ0n) is 11.0. The summed E-state index contributed by atoms with van der Waals surface area (Å²) in [5.74, 6) is 1.37. The van der Waals surface area contributed by atoms with Gasteiger partial charge < -0.3 is 16.2 Å². The molecule has 4 N–H and O–H groups in total. The lowest BCUT2D eigenvalue weighted by atomic mass is 10.3. The number of para-hydroxylation sites is 1. The lowest BCUT2D eigenvalue weighted by Gasteiger charge is -2.04. The van der Waals surface area contributed by atoms with Crippen molar-refractivity contribution >= 4 is 27.5 Å². The molecule has 0 spiro atoms. The number of amides is 1. The largest absolute Gasteiger partial charge is 0.457 e. The van der Waals surface area contributed by atoms with Crippen LogP contribution in [0.15, 0.2) is 54.6 Å². The Morgan fingerprint density at radius 1 is 1.00 bits per heavy atom. The van der Waals surface area contributed by atoms with Crippen LogP contribution in [0.25, 0.3) is 0 Å². The molecule has 2 rings (SSSR count). The van der Waals surface area contributed by atoms with Crippen LogP contribution in [0.5, 0.6) is 11.5 Å². The van der Waals surface area contributed by atoms with E-state index in [1.165, 1.54) is 0 Å². The predicted molar refractivity (Wildman–Crippen MR) is 85.0 cm³/mol. The van der Waals surface area contributed by atoms with E-state index in [1.807, 2.05) is 54.6 Å². The molecule has 1 amide bonds. The standard InChI is InChI=1S/C12H11NO.C3H6BrNO/c13-10-6-8-12(9-7-10)14-11-4-2-1-3-5-11;4-2-1-3(5)6/h1-9H,13H2;1-2H2,(H2,5,6). The molecule has 0 atom stereocenters. The minimum Gasteiger partial charge on any atom is -0.457 e. The van der Waals surface area contributed by atoms with Crippen molar-refractivity contribution in [3.63, 3.8) is 0 Å². The molecule has 2 aromatic carbocycles. The van der Waals surface area contributed by atoms with E-state index in [1.54, 1.807) is 0 Å². The molecular weight excluding hydrogens is 320 g/mol. The Bertz CT molecular complexity index is 515. The zero-order chi connectivity index (χ0) is 14.8. The fourth-order valence-corrected chi connectivity index (χ4v) is 1.64. The van der Waals surface area contributed by atoms with E-state index in [9.17, 15) is 4.79 Å². The van der Waals surface area contributed by atoms with E-state index < -0.39 is 0 Å². The number of rotatable bonds is 4. The van der Waals surface area contributed by atoms with E-state index in [0.717, 1.165) is 17.2 Å². The van der Waals surface area contributed by atoms with Gasteiger partial charge in [-0.25, -0.2) is 0 Å². The van der Waals surface area contributed by atoms with Gasteiger partial charge in [0.1, 0.15) is 11.5 Å². The number of ether oxygens (including phenoxy) is 1. The highest BCUT2D eigenvalue weighted by Gasteiger charge is 1.94. The summed E-state index contributed by atoms with van der Waals surface area (Å²) >= 11 is 3.05. The first-order valence-electron chi connectivity index (χ1n) is 6.04. The van der Waals surface area contributed by atoms with E-state index in [0.29, 0.717) is 11.8 Å². The molecule has 4 nitrogen and oxygen atoms in total. The monoisotopic (exact) mass is 336 g/mol. The molecule has 0 aliphatic rings. The average molecular weight is 337 g/mol. The third-order valence-corrected chi connectivity index (χ3v) is 2.60. The van der Waals surface area contributed by atoms with Gasteiger partial charge in [0.25, 0.3) is 0 Å². The van der Waals surface area contributed by atoms with Gasteiger partial charge in [0.05, 0.1) is 0 Å². The molecule has 0 aromatic heterocycles. The molecular formula is C15H17BrN2O2. The number of carbonyl (C=O) groups excluding carboxylic acids is 1.